The third-order valence-electron chi connectivity index (χ3n) is 4.80. The first-order valence-corrected chi connectivity index (χ1v) is 10.0. The van der Waals surface area contributed by atoms with Crippen molar-refractivity contribution in [1.29, 1.82) is 0 Å². The Balaban J connectivity index is 1.35. The Morgan fingerprint density at radius 3 is 2.55 bits per heavy atom. The summed E-state index contributed by atoms with van der Waals surface area (Å²) in [5.41, 5.74) is 4.42. The van der Waals surface area contributed by atoms with Gasteiger partial charge in [0.05, 0.1) is 0 Å². The summed E-state index contributed by atoms with van der Waals surface area (Å²) in [6, 6.07) is 15.7. The molecule has 29 heavy (non-hydrogen) atoms. The van der Waals surface area contributed by atoms with Gasteiger partial charge in [-0.25, -0.2) is 0 Å². The van der Waals surface area contributed by atoms with Crippen LogP contribution in [0.5, 0.6) is 0 Å². The smallest absolute Gasteiger partial charge is 0.251 e. The van der Waals surface area contributed by atoms with Gasteiger partial charge in [0.25, 0.3) is 5.91 Å². The molecular weight excluding hydrogens is 362 g/mol. The predicted octanol–water partition coefficient (Wildman–Crippen LogP) is 3.00. The molecule has 1 aromatic heterocycles. The zero-order chi connectivity index (χ0) is 20.5. The van der Waals surface area contributed by atoms with E-state index in [1.807, 2.05) is 30.3 Å². The number of rotatable bonds is 8. The molecule has 1 amide bonds. The van der Waals surface area contributed by atoms with Crippen LogP contribution < -0.4 is 16.0 Å². The highest BCUT2D eigenvalue weighted by Gasteiger charge is 2.05. The van der Waals surface area contributed by atoms with Crippen LogP contribution >= 0.6 is 0 Å². The fourth-order valence-electron chi connectivity index (χ4n) is 3.23. The van der Waals surface area contributed by atoms with E-state index in [1.54, 1.807) is 7.05 Å². The maximum Gasteiger partial charge on any atom is 0.251 e. The molecule has 0 saturated heterocycles. The number of aromatic nitrogens is 1. The number of carbonyl (C=O) groups excluding carboxylic acids is 1. The lowest BCUT2D eigenvalue weighted by molar-refractivity contribution is 0.0953. The fourth-order valence-corrected chi connectivity index (χ4v) is 3.23. The van der Waals surface area contributed by atoms with Crippen molar-refractivity contribution in [3.63, 3.8) is 0 Å². The molecule has 4 N–H and O–H groups in total. The van der Waals surface area contributed by atoms with Crippen molar-refractivity contribution in [2.75, 3.05) is 26.7 Å². The second-order valence-electron chi connectivity index (χ2n) is 7.01. The van der Waals surface area contributed by atoms with Crippen LogP contribution in [-0.2, 0) is 6.42 Å². The molecule has 0 atom stereocenters. The largest absolute Gasteiger partial charge is 0.361 e. The van der Waals surface area contributed by atoms with E-state index in [2.05, 4.69) is 57.2 Å². The number of nitrogens with zero attached hydrogens (tertiary/aromatic N) is 1. The number of benzene rings is 2. The molecule has 2 aromatic carbocycles. The first kappa shape index (κ1) is 20.5. The lowest BCUT2D eigenvalue weighted by Crippen LogP contribution is -2.39. The zero-order valence-electron chi connectivity index (χ0n) is 17.1. The molecule has 152 valence electrons. The maximum absolute atomic E-state index is 12.0. The monoisotopic (exact) mass is 391 g/mol. The van der Waals surface area contributed by atoms with Gasteiger partial charge in [-0.1, -0.05) is 30.3 Å². The lowest BCUT2D eigenvalue weighted by Gasteiger charge is -2.12. The van der Waals surface area contributed by atoms with Crippen LogP contribution in [0.1, 0.15) is 27.9 Å². The molecule has 0 radical (unpaired) electrons. The highest BCUT2D eigenvalue weighted by molar-refractivity contribution is 5.94. The van der Waals surface area contributed by atoms with E-state index >= 15 is 0 Å². The Morgan fingerprint density at radius 2 is 1.76 bits per heavy atom. The SMILES string of the molecule is CN=C(NCCCNC(=O)c1ccccc1)NCCc1c[nH]c2cc(C)ccc12. The molecule has 0 aliphatic rings. The summed E-state index contributed by atoms with van der Waals surface area (Å²) >= 11 is 0. The molecule has 0 spiro atoms. The molecule has 3 rings (SSSR count). The summed E-state index contributed by atoms with van der Waals surface area (Å²) in [5.74, 6) is 0.733. The molecule has 0 fully saturated rings. The van der Waals surface area contributed by atoms with E-state index in [4.69, 9.17) is 0 Å². The maximum atomic E-state index is 12.0. The van der Waals surface area contributed by atoms with Gasteiger partial charge in [0.2, 0.25) is 0 Å². The number of carbonyl (C=O) groups is 1. The quantitative estimate of drug-likeness (QED) is 0.271. The minimum absolute atomic E-state index is 0.0398. The third-order valence-corrected chi connectivity index (χ3v) is 4.80. The van der Waals surface area contributed by atoms with Gasteiger partial charge in [-0.3, -0.25) is 9.79 Å². The third kappa shape index (κ3) is 5.85. The van der Waals surface area contributed by atoms with Crippen molar-refractivity contribution in [3.05, 3.63) is 71.4 Å². The summed E-state index contributed by atoms with van der Waals surface area (Å²) in [6.07, 6.45) is 3.81. The standard InChI is InChI=1S/C23H29N5O/c1-17-9-10-20-19(16-28-21(20)15-17)11-14-27-23(24-2)26-13-6-12-25-22(29)18-7-4-3-5-8-18/h3-5,7-10,15-16,28H,6,11-14H2,1-2H3,(H,25,29)(H2,24,26,27). The number of aryl methyl sites for hydroxylation is 1. The zero-order valence-corrected chi connectivity index (χ0v) is 17.1. The number of aromatic amines is 1. The van der Waals surface area contributed by atoms with Crippen LogP contribution in [-0.4, -0.2) is 43.5 Å². The van der Waals surface area contributed by atoms with E-state index in [0.717, 1.165) is 31.9 Å². The van der Waals surface area contributed by atoms with E-state index in [0.29, 0.717) is 12.1 Å². The molecule has 0 bridgehead atoms. The van der Waals surface area contributed by atoms with Gasteiger partial charge in [-0.05, 0) is 49.1 Å². The van der Waals surface area contributed by atoms with Crippen molar-refractivity contribution < 1.29 is 4.79 Å². The van der Waals surface area contributed by atoms with E-state index in [-0.39, 0.29) is 5.91 Å². The second kappa shape index (κ2) is 10.3. The molecule has 1 heterocycles. The fraction of sp³-hybridized carbons (Fsp3) is 0.304. The predicted molar refractivity (Wildman–Crippen MR) is 119 cm³/mol. The summed E-state index contributed by atoms with van der Waals surface area (Å²) < 4.78 is 0. The molecule has 3 aromatic rings. The number of amides is 1. The topological polar surface area (TPSA) is 81.3 Å². The number of hydrogen-bond acceptors (Lipinski definition) is 2. The van der Waals surface area contributed by atoms with Crippen molar-refractivity contribution in [2.45, 2.75) is 19.8 Å². The van der Waals surface area contributed by atoms with Gasteiger partial charge < -0.3 is 20.9 Å². The highest BCUT2D eigenvalue weighted by Crippen LogP contribution is 2.19. The molecular formula is C23H29N5O. The van der Waals surface area contributed by atoms with E-state index < -0.39 is 0 Å². The number of guanidine groups is 1. The molecule has 6 nitrogen and oxygen atoms in total. The first-order chi connectivity index (χ1) is 14.2. The van der Waals surface area contributed by atoms with Crippen LogP contribution in [0.3, 0.4) is 0 Å². The summed E-state index contributed by atoms with van der Waals surface area (Å²) in [4.78, 5) is 19.6. The molecule has 0 unspecified atom stereocenters. The normalized spacial score (nSPS) is 11.4. The Morgan fingerprint density at radius 1 is 1.00 bits per heavy atom. The van der Waals surface area contributed by atoms with Gasteiger partial charge in [0, 0.05) is 49.3 Å². The summed E-state index contributed by atoms with van der Waals surface area (Å²) in [6.45, 7) is 4.25. The lowest BCUT2D eigenvalue weighted by atomic mass is 10.1. The van der Waals surface area contributed by atoms with E-state index in [1.165, 1.54) is 22.0 Å². The van der Waals surface area contributed by atoms with Crippen LogP contribution in [0, 0.1) is 6.92 Å². The minimum Gasteiger partial charge on any atom is -0.361 e. The molecule has 6 heteroatoms. The van der Waals surface area contributed by atoms with Gasteiger partial charge in [0.1, 0.15) is 0 Å². The summed E-state index contributed by atoms with van der Waals surface area (Å²) in [7, 11) is 1.76. The number of nitrogens with one attached hydrogen (secondary N) is 4. The van der Waals surface area contributed by atoms with Gasteiger partial charge in [-0.2, -0.15) is 0 Å². The van der Waals surface area contributed by atoms with Gasteiger partial charge in [0.15, 0.2) is 5.96 Å². The van der Waals surface area contributed by atoms with Gasteiger partial charge >= 0.3 is 0 Å². The Bertz CT molecular complexity index is 962. The average Bonchev–Trinajstić information content (AvgIpc) is 3.14. The van der Waals surface area contributed by atoms with Crippen molar-refractivity contribution >= 4 is 22.8 Å². The summed E-state index contributed by atoms with van der Waals surface area (Å²) in [5, 5.41) is 10.8. The van der Waals surface area contributed by atoms with Crippen LogP contribution in [0.4, 0.5) is 0 Å². The Hall–Kier alpha value is -3.28. The van der Waals surface area contributed by atoms with Crippen LogP contribution in [0.2, 0.25) is 0 Å². The van der Waals surface area contributed by atoms with Gasteiger partial charge in [-0.15, -0.1) is 0 Å². The molecule has 0 aliphatic carbocycles. The number of fused-ring (bicyclic) bond motifs is 1. The minimum atomic E-state index is -0.0398. The van der Waals surface area contributed by atoms with Crippen LogP contribution in [0.25, 0.3) is 10.9 Å². The number of H-pyrrole nitrogens is 1. The van der Waals surface area contributed by atoms with Crippen LogP contribution in [0.15, 0.2) is 59.7 Å². The van der Waals surface area contributed by atoms with Crippen molar-refractivity contribution in [1.82, 2.24) is 20.9 Å². The number of aliphatic imine (C=N–C) groups is 1. The average molecular weight is 392 g/mol. The Labute approximate surface area is 171 Å². The molecule has 0 aliphatic heterocycles. The first-order valence-electron chi connectivity index (χ1n) is 10.0. The van der Waals surface area contributed by atoms with E-state index in [9.17, 15) is 4.79 Å². The Kier molecular flexibility index (Phi) is 7.28. The van der Waals surface area contributed by atoms with Crippen molar-refractivity contribution in [3.8, 4) is 0 Å². The van der Waals surface area contributed by atoms with Crippen molar-refractivity contribution in [2.24, 2.45) is 4.99 Å². The molecule has 0 saturated carbocycles. The highest BCUT2D eigenvalue weighted by atomic mass is 16.1. The second-order valence-corrected chi connectivity index (χ2v) is 7.01. The number of hydrogen-bond donors (Lipinski definition) is 4.